The van der Waals surface area contributed by atoms with E-state index in [1.165, 1.54) is 12.1 Å². The first-order valence-corrected chi connectivity index (χ1v) is 5.08. The molecule has 0 aliphatic rings. The number of hydrogen-bond donors (Lipinski definition) is 1. The minimum absolute atomic E-state index is 0.352. The molecule has 0 fully saturated rings. The first kappa shape index (κ1) is 10.9. The molecule has 16 heavy (non-hydrogen) atoms. The lowest BCUT2D eigenvalue weighted by atomic mass is 10.0. The molecule has 3 heteroatoms. The number of hydrogen-bond acceptors (Lipinski definition) is 2. The van der Waals surface area contributed by atoms with Crippen LogP contribution in [0.2, 0.25) is 0 Å². The van der Waals surface area contributed by atoms with Crippen LogP contribution in [-0.4, -0.2) is 5.11 Å². The molecule has 2 rings (SSSR count). The van der Waals surface area contributed by atoms with Gasteiger partial charge in [-0.15, -0.1) is 0 Å². The van der Waals surface area contributed by atoms with Crippen molar-refractivity contribution in [2.24, 2.45) is 0 Å². The van der Waals surface area contributed by atoms with Gasteiger partial charge >= 0.3 is 0 Å². The van der Waals surface area contributed by atoms with E-state index >= 15 is 0 Å². The predicted molar refractivity (Wildman–Crippen MR) is 58.6 cm³/mol. The lowest BCUT2D eigenvalue weighted by Crippen LogP contribution is -2.00. The molecule has 0 spiro atoms. The highest BCUT2D eigenvalue weighted by Crippen LogP contribution is 2.27. The van der Waals surface area contributed by atoms with E-state index in [0.717, 1.165) is 5.76 Å². The van der Waals surface area contributed by atoms with E-state index in [0.29, 0.717) is 16.9 Å². The van der Waals surface area contributed by atoms with Crippen molar-refractivity contribution in [1.82, 2.24) is 0 Å². The molecule has 1 unspecified atom stereocenters. The molecule has 84 valence electrons. The van der Waals surface area contributed by atoms with Gasteiger partial charge < -0.3 is 9.52 Å². The quantitative estimate of drug-likeness (QED) is 0.843. The fourth-order valence-corrected chi connectivity index (χ4v) is 1.78. The van der Waals surface area contributed by atoms with Crippen LogP contribution >= 0.6 is 0 Å². The maximum Gasteiger partial charge on any atom is 0.123 e. The van der Waals surface area contributed by atoms with Crippen molar-refractivity contribution in [3.8, 4) is 0 Å². The number of aliphatic hydroxyl groups excluding tert-OH is 1. The zero-order valence-corrected chi connectivity index (χ0v) is 9.20. The lowest BCUT2D eigenvalue weighted by Gasteiger charge is -2.09. The van der Waals surface area contributed by atoms with Gasteiger partial charge in [-0.1, -0.05) is 12.1 Å². The average Bonchev–Trinajstić information content (AvgIpc) is 2.57. The molecule has 0 aliphatic carbocycles. The van der Waals surface area contributed by atoms with Crippen molar-refractivity contribution < 1.29 is 13.9 Å². The number of aryl methyl sites for hydroxylation is 2. The molecule has 2 nitrogen and oxygen atoms in total. The molecule has 1 atom stereocenters. The monoisotopic (exact) mass is 220 g/mol. The van der Waals surface area contributed by atoms with Gasteiger partial charge in [-0.2, -0.15) is 0 Å². The molecule has 1 aromatic carbocycles. The van der Waals surface area contributed by atoms with Gasteiger partial charge in [0, 0.05) is 5.56 Å². The minimum atomic E-state index is -0.840. The van der Waals surface area contributed by atoms with E-state index in [1.807, 2.05) is 6.92 Å². The Morgan fingerprint density at radius 2 is 2.00 bits per heavy atom. The van der Waals surface area contributed by atoms with Crippen LogP contribution in [0.5, 0.6) is 0 Å². The standard InChI is InChI=1S/C13H13FO2/c1-8-6-12(9(2)16-8)13(15)10-4-3-5-11(14)7-10/h3-7,13,15H,1-2H3. The largest absolute Gasteiger partial charge is 0.466 e. The predicted octanol–water partition coefficient (Wildman–Crippen LogP) is 3.12. The summed E-state index contributed by atoms with van der Waals surface area (Å²) in [5.41, 5.74) is 1.21. The van der Waals surface area contributed by atoms with Gasteiger partial charge in [-0.3, -0.25) is 0 Å². The first-order valence-electron chi connectivity index (χ1n) is 5.08. The Kier molecular flexibility index (Phi) is 2.79. The Labute approximate surface area is 93.3 Å². The third-order valence-electron chi connectivity index (χ3n) is 2.54. The van der Waals surface area contributed by atoms with Crippen molar-refractivity contribution in [3.63, 3.8) is 0 Å². The summed E-state index contributed by atoms with van der Waals surface area (Å²) in [5.74, 6) is 1.05. The van der Waals surface area contributed by atoms with E-state index in [4.69, 9.17) is 4.42 Å². The van der Waals surface area contributed by atoms with Gasteiger partial charge in [0.2, 0.25) is 0 Å². The van der Waals surface area contributed by atoms with E-state index in [-0.39, 0.29) is 5.82 Å². The second kappa shape index (κ2) is 4.10. The molecule has 0 radical (unpaired) electrons. The smallest absolute Gasteiger partial charge is 0.123 e. The number of halogens is 1. The molecule has 1 N–H and O–H groups in total. The minimum Gasteiger partial charge on any atom is -0.466 e. The highest BCUT2D eigenvalue weighted by molar-refractivity contribution is 5.32. The second-order valence-electron chi connectivity index (χ2n) is 3.83. The molecular formula is C13H13FO2. The van der Waals surface area contributed by atoms with Crippen molar-refractivity contribution in [2.45, 2.75) is 20.0 Å². The molecule has 0 amide bonds. The van der Waals surface area contributed by atoms with Crippen molar-refractivity contribution in [1.29, 1.82) is 0 Å². The van der Waals surface area contributed by atoms with Gasteiger partial charge in [0.25, 0.3) is 0 Å². The molecule has 0 saturated carbocycles. The summed E-state index contributed by atoms with van der Waals surface area (Å²) in [5, 5.41) is 10.1. The third-order valence-corrected chi connectivity index (χ3v) is 2.54. The normalized spacial score (nSPS) is 12.8. The summed E-state index contributed by atoms with van der Waals surface area (Å²) in [6, 6.07) is 7.72. The zero-order valence-electron chi connectivity index (χ0n) is 9.20. The van der Waals surface area contributed by atoms with Crippen LogP contribution in [0.4, 0.5) is 4.39 Å². The number of aliphatic hydroxyl groups is 1. The molecule has 0 saturated heterocycles. The van der Waals surface area contributed by atoms with E-state index in [1.54, 1.807) is 25.1 Å². The van der Waals surface area contributed by atoms with Gasteiger partial charge in [0.1, 0.15) is 23.4 Å². The molecule has 2 aromatic rings. The summed E-state index contributed by atoms with van der Waals surface area (Å²) >= 11 is 0. The summed E-state index contributed by atoms with van der Waals surface area (Å²) in [4.78, 5) is 0. The van der Waals surface area contributed by atoms with Crippen LogP contribution < -0.4 is 0 Å². The van der Waals surface area contributed by atoms with Crippen LogP contribution in [0.3, 0.4) is 0 Å². The first-order chi connectivity index (χ1) is 7.58. The third kappa shape index (κ3) is 1.99. The average molecular weight is 220 g/mol. The highest BCUT2D eigenvalue weighted by Gasteiger charge is 2.16. The summed E-state index contributed by atoms with van der Waals surface area (Å²) in [7, 11) is 0. The van der Waals surface area contributed by atoms with Gasteiger partial charge in [0.15, 0.2) is 0 Å². The van der Waals surface area contributed by atoms with Gasteiger partial charge in [-0.05, 0) is 37.6 Å². The molecule has 0 bridgehead atoms. The Morgan fingerprint density at radius 1 is 1.25 bits per heavy atom. The zero-order chi connectivity index (χ0) is 11.7. The van der Waals surface area contributed by atoms with Crippen LogP contribution in [0.1, 0.15) is 28.8 Å². The molecule has 1 heterocycles. The fraction of sp³-hybridized carbons (Fsp3) is 0.231. The maximum atomic E-state index is 13.0. The topological polar surface area (TPSA) is 33.4 Å². The van der Waals surface area contributed by atoms with Crippen LogP contribution in [-0.2, 0) is 0 Å². The van der Waals surface area contributed by atoms with Crippen molar-refractivity contribution in [2.75, 3.05) is 0 Å². The summed E-state index contributed by atoms with van der Waals surface area (Å²) < 4.78 is 18.3. The number of rotatable bonds is 2. The highest BCUT2D eigenvalue weighted by atomic mass is 19.1. The van der Waals surface area contributed by atoms with Crippen molar-refractivity contribution >= 4 is 0 Å². The molecule has 0 aliphatic heterocycles. The molecular weight excluding hydrogens is 207 g/mol. The van der Waals surface area contributed by atoms with E-state index < -0.39 is 6.10 Å². The Hall–Kier alpha value is -1.61. The Bertz CT molecular complexity index is 502. The van der Waals surface area contributed by atoms with Gasteiger partial charge in [-0.25, -0.2) is 4.39 Å². The number of furan rings is 1. The summed E-state index contributed by atoms with van der Waals surface area (Å²) in [6.45, 7) is 3.60. The van der Waals surface area contributed by atoms with Crippen molar-refractivity contribution in [3.05, 3.63) is 58.8 Å². The maximum absolute atomic E-state index is 13.0. The van der Waals surface area contributed by atoms with Crippen LogP contribution in [0.25, 0.3) is 0 Å². The van der Waals surface area contributed by atoms with Gasteiger partial charge in [0.05, 0.1) is 0 Å². The Morgan fingerprint density at radius 3 is 2.56 bits per heavy atom. The fourth-order valence-electron chi connectivity index (χ4n) is 1.78. The summed E-state index contributed by atoms with van der Waals surface area (Å²) in [6.07, 6.45) is -0.840. The second-order valence-corrected chi connectivity index (χ2v) is 3.83. The number of benzene rings is 1. The van der Waals surface area contributed by atoms with Crippen LogP contribution in [0, 0.1) is 19.7 Å². The van der Waals surface area contributed by atoms with E-state index in [9.17, 15) is 9.50 Å². The SMILES string of the molecule is Cc1cc(C(O)c2cccc(F)c2)c(C)o1. The molecule has 1 aromatic heterocycles. The Balaban J connectivity index is 2.38. The lowest BCUT2D eigenvalue weighted by molar-refractivity contribution is 0.217. The van der Waals surface area contributed by atoms with E-state index in [2.05, 4.69) is 0 Å². The van der Waals surface area contributed by atoms with Crippen LogP contribution in [0.15, 0.2) is 34.7 Å².